The van der Waals surface area contributed by atoms with Crippen molar-refractivity contribution >= 4 is 53.6 Å². The fourth-order valence-corrected chi connectivity index (χ4v) is 16.0. The van der Waals surface area contributed by atoms with Crippen molar-refractivity contribution in [1.29, 1.82) is 0 Å². The summed E-state index contributed by atoms with van der Waals surface area (Å²) in [5.41, 5.74) is 13.6. The third kappa shape index (κ3) is 8.15. The van der Waals surface area contributed by atoms with Crippen LogP contribution in [0.4, 0.5) is 0 Å². The normalized spacial score (nSPS) is 11.9. The largest absolute Gasteiger partial charge is 0.309 e. The van der Waals surface area contributed by atoms with Crippen molar-refractivity contribution in [3.63, 3.8) is 0 Å². The standard InChI is InChI=1S/C75H51N5S/c1-6-25-52(26-7-1)73-76-74(53-27-8-2-9-28-53)78-75(77-73)56-46-48-72(80-69-43-22-18-39-63(69)64-40-19-23-44-70(64)80)66(51-56)65-50-55(45-47-71(65)79-67-41-20-16-37-61(67)62-38-17-21-42-68(62)79)54-29-24-36-60(49-54)81(57-30-10-3-11-31-57,58-32-12-4-13-33-58)59-34-14-5-15-35-59/h1-51H. The van der Waals surface area contributed by atoms with Gasteiger partial charge < -0.3 is 9.13 Å². The van der Waals surface area contributed by atoms with Crippen molar-refractivity contribution in [3.8, 4) is 67.8 Å². The molecule has 3 aromatic heterocycles. The molecule has 5 nitrogen and oxygen atoms in total. The van der Waals surface area contributed by atoms with Crippen molar-refractivity contribution in [1.82, 2.24) is 24.1 Å². The molecule has 382 valence electrons. The molecule has 0 saturated carbocycles. The van der Waals surface area contributed by atoms with Gasteiger partial charge in [-0.05, 0) is 114 Å². The molecule has 0 aliphatic heterocycles. The third-order valence-corrected chi connectivity index (χ3v) is 19.6. The van der Waals surface area contributed by atoms with Crippen molar-refractivity contribution in [2.24, 2.45) is 0 Å². The SMILES string of the molecule is c1ccc(-c2nc(-c3ccccc3)nc(-c3ccc(-n4c5ccccc5c5ccccc54)c(-c4cc(-c5cccc(S(c6ccccc6)(c6ccccc6)c6ccccc6)c5)ccc4-n4c5ccccc5c5ccccc54)c3)n2)cc1. The summed E-state index contributed by atoms with van der Waals surface area (Å²) in [6.07, 6.45) is 0. The molecule has 0 radical (unpaired) electrons. The Kier molecular flexibility index (Phi) is 11.9. The van der Waals surface area contributed by atoms with Crippen LogP contribution in [-0.4, -0.2) is 24.1 Å². The zero-order valence-corrected chi connectivity index (χ0v) is 44.9. The maximum absolute atomic E-state index is 5.32. The fraction of sp³-hybridized carbons (Fsp3) is 0. The zero-order valence-electron chi connectivity index (χ0n) is 44.1. The molecule has 0 spiro atoms. The second-order valence-corrected chi connectivity index (χ2v) is 23.4. The molecule has 0 amide bonds. The topological polar surface area (TPSA) is 48.5 Å². The van der Waals surface area contributed by atoms with Gasteiger partial charge in [0.2, 0.25) is 0 Å². The van der Waals surface area contributed by atoms with Gasteiger partial charge in [-0.1, -0.05) is 206 Å². The van der Waals surface area contributed by atoms with E-state index in [0.29, 0.717) is 17.5 Å². The lowest BCUT2D eigenvalue weighted by Gasteiger charge is -2.42. The highest BCUT2D eigenvalue weighted by Gasteiger charge is 2.34. The average Bonchev–Trinajstić information content (AvgIpc) is 4.31. The van der Waals surface area contributed by atoms with Crippen LogP contribution in [-0.2, 0) is 0 Å². The first-order valence-electron chi connectivity index (χ1n) is 27.4. The molecular weight excluding hydrogens is 1000 g/mol. The van der Waals surface area contributed by atoms with Crippen LogP contribution in [0.3, 0.4) is 0 Å². The predicted molar refractivity (Wildman–Crippen MR) is 336 cm³/mol. The van der Waals surface area contributed by atoms with E-state index in [1.807, 2.05) is 36.4 Å². The quantitative estimate of drug-likeness (QED) is 0.130. The van der Waals surface area contributed by atoms with E-state index in [4.69, 9.17) is 15.0 Å². The molecule has 0 aliphatic carbocycles. The number of rotatable bonds is 11. The van der Waals surface area contributed by atoms with E-state index in [0.717, 1.165) is 72.4 Å². The van der Waals surface area contributed by atoms with Crippen LogP contribution < -0.4 is 0 Å². The smallest absolute Gasteiger partial charge is 0.164 e. The third-order valence-electron chi connectivity index (χ3n) is 15.7. The second-order valence-electron chi connectivity index (χ2n) is 20.3. The molecule has 0 aliphatic rings. The van der Waals surface area contributed by atoms with Gasteiger partial charge in [0.1, 0.15) is 0 Å². The number of fused-ring (bicyclic) bond motifs is 6. The maximum Gasteiger partial charge on any atom is 0.164 e. The number of para-hydroxylation sites is 4. The molecule has 15 rings (SSSR count). The van der Waals surface area contributed by atoms with Gasteiger partial charge in [0.05, 0.1) is 33.4 Å². The molecule has 0 fully saturated rings. The Labute approximate surface area is 471 Å². The Hall–Kier alpha value is -10.4. The molecule has 81 heavy (non-hydrogen) atoms. The first-order valence-corrected chi connectivity index (χ1v) is 29.0. The highest BCUT2D eigenvalue weighted by Crippen LogP contribution is 2.73. The Morgan fingerprint density at radius 2 is 0.519 bits per heavy atom. The van der Waals surface area contributed by atoms with E-state index in [1.54, 1.807) is 0 Å². The number of aromatic nitrogens is 5. The van der Waals surface area contributed by atoms with Gasteiger partial charge in [-0.2, -0.15) is 0 Å². The molecule has 3 heterocycles. The van der Waals surface area contributed by atoms with Gasteiger partial charge in [-0.25, -0.2) is 15.0 Å². The summed E-state index contributed by atoms with van der Waals surface area (Å²) in [6.45, 7) is 0. The molecule has 0 saturated heterocycles. The lowest BCUT2D eigenvalue weighted by Crippen LogP contribution is -2.05. The van der Waals surface area contributed by atoms with Crippen LogP contribution in [0.15, 0.2) is 329 Å². The van der Waals surface area contributed by atoms with Crippen LogP contribution in [0.2, 0.25) is 0 Å². The zero-order chi connectivity index (χ0) is 53.7. The summed E-state index contributed by atoms with van der Waals surface area (Å²) in [7, 11) is -1.98. The van der Waals surface area contributed by atoms with Crippen LogP contribution in [0.5, 0.6) is 0 Å². The molecule has 0 N–H and O–H groups in total. The maximum atomic E-state index is 5.32. The van der Waals surface area contributed by atoms with Gasteiger partial charge in [0.15, 0.2) is 17.5 Å². The summed E-state index contributed by atoms with van der Waals surface area (Å²) >= 11 is 0. The van der Waals surface area contributed by atoms with Gasteiger partial charge in [0, 0.05) is 68.9 Å². The summed E-state index contributed by atoms with van der Waals surface area (Å²) < 4.78 is 4.91. The molecule has 0 bridgehead atoms. The molecule has 12 aromatic carbocycles. The van der Waals surface area contributed by atoms with Crippen molar-refractivity contribution in [3.05, 3.63) is 309 Å². The summed E-state index contributed by atoms with van der Waals surface area (Å²) in [6, 6.07) is 112. The lowest BCUT2D eigenvalue weighted by molar-refractivity contribution is 1.07. The Morgan fingerprint density at radius 3 is 0.926 bits per heavy atom. The minimum atomic E-state index is -1.98. The number of benzene rings is 12. The van der Waals surface area contributed by atoms with Crippen molar-refractivity contribution in [2.45, 2.75) is 19.6 Å². The van der Waals surface area contributed by atoms with Gasteiger partial charge in [-0.15, -0.1) is 10.0 Å². The number of nitrogens with zero attached hydrogens (tertiary/aromatic N) is 5. The predicted octanol–water partition coefficient (Wildman–Crippen LogP) is 19.7. The average molecular weight is 1050 g/mol. The summed E-state index contributed by atoms with van der Waals surface area (Å²) in [5.74, 6) is 1.81. The Balaban J connectivity index is 1.04. The van der Waals surface area contributed by atoms with Gasteiger partial charge in [0.25, 0.3) is 0 Å². The van der Waals surface area contributed by atoms with Crippen LogP contribution in [0, 0.1) is 0 Å². The molecular formula is C75H51N5S. The van der Waals surface area contributed by atoms with Gasteiger partial charge in [-0.3, -0.25) is 0 Å². The minimum absolute atomic E-state index is 0.585. The number of hydrogen-bond acceptors (Lipinski definition) is 3. The van der Waals surface area contributed by atoms with Crippen molar-refractivity contribution < 1.29 is 0 Å². The van der Waals surface area contributed by atoms with Crippen LogP contribution in [0.25, 0.3) is 111 Å². The first kappa shape index (κ1) is 47.8. The van der Waals surface area contributed by atoms with Crippen LogP contribution in [0.1, 0.15) is 0 Å². The highest BCUT2D eigenvalue weighted by molar-refractivity contribution is 8.34. The monoisotopic (exact) mass is 1050 g/mol. The molecule has 0 unspecified atom stereocenters. The minimum Gasteiger partial charge on any atom is -0.309 e. The van der Waals surface area contributed by atoms with E-state index in [-0.39, 0.29) is 0 Å². The number of hydrogen-bond donors (Lipinski definition) is 0. The Bertz CT molecular complexity index is 4540. The molecule has 0 atom stereocenters. The van der Waals surface area contributed by atoms with E-state index >= 15 is 0 Å². The Morgan fingerprint density at radius 1 is 0.222 bits per heavy atom. The first-order chi connectivity index (χ1) is 40.2. The van der Waals surface area contributed by atoms with E-state index in [9.17, 15) is 0 Å². The van der Waals surface area contributed by atoms with Crippen molar-refractivity contribution in [2.75, 3.05) is 0 Å². The summed E-state index contributed by atoms with van der Waals surface area (Å²) in [5, 5.41) is 4.77. The fourth-order valence-electron chi connectivity index (χ4n) is 12.1. The van der Waals surface area contributed by atoms with Gasteiger partial charge >= 0.3 is 0 Å². The second kappa shape index (κ2) is 20.1. The molecule has 15 aromatic rings. The highest BCUT2D eigenvalue weighted by atomic mass is 32.3. The van der Waals surface area contributed by atoms with E-state index in [2.05, 4.69) is 282 Å². The van der Waals surface area contributed by atoms with E-state index < -0.39 is 10.0 Å². The molecule has 6 heteroatoms. The van der Waals surface area contributed by atoms with E-state index in [1.165, 1.54) is 41.1 Å². The summed E-state index contributed by atoms with van der Waals surface area (Å²) in [4.78, 5) is 20.8. The van der Waals surface area contributed by atoms with Crippen LogP contribution >= 0.6 is 10.0 Å². The lowest BCUT2D eigenvalue weighted by atomic mass is 9.94.